The van der Waals surface area contributed by atoms with E-state index in [1.54, 1.807) is 12.4 Å². The zero-order valence-corrected chi connectivity index (χ0v) is 11.9. The number of nitrogens with two attached hydrogens (primary N) is 1. The van der Waals surface area contributed by atoms with Crippen molar-refractivity contribution in [1.29, 1.82) is 0 Å². The van der Waals surface area contributed by atoms with Gasteiger partial charge in [-0.05, 0) is 31.0 Å². The lowest BCUT2D eigenvalue weighted by Crippen LogP contribution is -2.18. The molecule has 0 spiro atoms. The minimum atomic E-state index is 0.0473. The highest BCUT2D eigenvalue weighted by atomic mass is 16.7. The predicted octanol–water partition coefficient (Wildman–Crippen LogP) is 2.28. The fourth-order valence-corrected chi connectivity index (χ4v) is 2.25. The van der Waals surface area contributed by atoms with Gasteiger partial charge in [0.1, 0.15) is 12.4 Å². The Morgan fingerprint density at radius 1 is 1.33 bits per heavy atom. The molecule has 1 aliphatic heterocycles. The van der Waals surface area contributed by atoms with Crippen molar-refractivity contribution >= 4 is 0 Å². The van der Waals surface area contributed by atoms with E-state index < -0.39 is 0 Å². The predicted molar refractivity (Wildman–Crippen MR) is 78.5 cm³/mol. The summed E-state index contributed by atoms with van der Waals surface area (Å²) in [6, 6.07) is 7.73. The van der Waals surface area contributed by atoms with Gasteiger partial charge in [-0.1, -0.05) is 6.07 Å². The average Bonchev–Trinajstić information content (AvgIpc) is 2.92. The molecule has 0 amide bonds. The van der Waals surface area contributed by atoms with E-state index in [1.807, 2.05) is 31.2 Å². The second-order valence-corrected chi connectivity index (χ2v) is 5.14. The molecule has 0 fully saturated rings. The molecule has 1 atom stereocenters. The number of nitrogens with zero attached hydrogens (tertiary/aromatic N) is 1. The van der Waals surface area contributed by atoms with Gasteiger partial charge in [0.05, 0.1) is 0 Å². The summed E-state index contributed by atoms with van der Waals surface area (Å²) in [5.41, 5.74) is 7.95. The third-order valence-corrected chi connectivity index (χ3v) is 3.21. The molecule has 110 valence electrons. The second kappa shape index (κ2) is 6.01. The van der Waals surface area contributed by atoms with Crippen molar-refractivity contribution in [2.75, 3.05) is 6.79 Å². The zero-order chi connectivity index (χ0) is 14.7. The summed E-state index contributed by atoms with van der Waals surface area (Å²) in [4.78, 5) is 4.08. The minimum Gasteiger partial charge on any atom is -0.488 e. The Kier molecular flexibility index (Phi) is 3.92. The van der Waals surface area contributed by atoms with Crippen molar-refractivity contribution in [3.63, 3.8) is 0 Å². The number of ether oxygens (including phenoxy) is 3. The molecule has 2 heterocycles. The van der Waals surface area contributed by atoms with E-state index in [9.17, 15) is 0 Å². The number of pyridine rings is 1. The maximum Gasteiger partial charge on any atom is 0.231 e. The van der Waals surface area contributed by atoms with Crippen LogP contribution in [-0.2, 0) is 13.0 Å². The van der Waals surface area contributed by atoms with Crippen LogP contribution in [-0.4, -0.2) is 17.8 Å². The van der Waals surface area contributed by atoms with Gasteiger partial charge in [0, 0.05) is 30.1 Å². The Morgan fingerprint density at radius 2 is 2.14 bits per heavy atom. The molecule has 5 nitrogen and oxygen atoms in total. The Hall–Kier alpha value is -2.27. The average molecular weight is 286 g/mol. The molecule has 2 aromatic rings. The van der Waals surface area contributed by atoms with Crippen LogP contribution in [0.5, 0.6) is 17.2 Å². The van der Waals surface area contributed by atoms with Crippen LogP contribution in [0.25, 0.3) is 0 Å². The maximum absolute atomic E-state index is 5.92. The van der Waals surface area contributed by atoms with Crippen LogP contribution in [0.2, 0.25) is 0 Å². The molecule has 1 aromatic carbocycles. The lowest BCUT2D eigenvalue weighted by atomic mass is 10.1. The topological polar surface area (TPSA) is 66.6 Å². The molecule has 3 rings (SSSR count). The van der Waals surface area contributed by atoms with Crippen LogP contribution < -0.4 is 19.9 Å². The number of fused-ring (bicyclic) bond motifs is 1. The summed E-state index contributed by atoms with van der Waals surface area (Å²) >= 11 is 0. The molecule has 0 saturated heterocycles. The van der Waals surface area contributed by atoms with Gasteiger partial charge in [-0.2, -0.15) is 0 Å². The monoisotopic (exact) mass is 286 g/mol. The van der Waals surface area contributed by atoms with E-state index in [2.05, 4.69) is 4.98 Å². The van der Waals surface area contributed by atoms with E-state index in [0.29, 0.717) is 12.4 Å². The molecular formula is C16H18N2O3. The van der Waals surface area contributed by atoms with Gasteiger partial charge >= 0.3 is 0 Å². The van der Waals surface area contributed by atoms with Crippen molar-refractivity contribution in [1.82, 2.24) is 4.98 Å². The highest BCUT2D eigenvalue weighted by molar-refractivity contribution is 5.52. The van der Waals surface area contributed by atoms with Crippen molar-refractivity contribution in [3.8, 4) is 17.2 Å². The SMILES string of the molecule is CC(N)Cc1cc2c(cc1OCc1cccnc1)OCO2. The van der Waals surface area contributed by atoms with Gasteiger partial charge < -0.3 is 19.9 Å². The smallest absolute Gasteiger partial charge is 0.231 e. The highest BCUT2D eigenvalue weighted by Gasteiger charge is 2.18. The van der Waals surface area contributed by atoms with E-state index in [0.717, 1.165) is 29.0 Å². The normalized spacial score (nSPS) is 14.0. The molecule has 1 unspecified atom stereocenters. The summed E-state index contributed by atoms with van der Waals surface area (Å²) in [5, 5.41) is 0. The first-order valence-corrected chi connectivity index (χ1v) is 6.92. The van der Waals surface area contributed by atoms with Crippen molar-refractivity contribution in [2.24, 2.45) is 5.73 Å². The van der Waals surface area contributed by atoms with Gasteiger partial charge in [-0.15, -0.1) is 0 Å². The Morgan fingerprint density at radius 3 is 2.86 bits per heavy atom. The van der Waals surface area contributed by atoms with Crippen LogP contribution in [0.1, 0.15) is 18.1 Å². The zero-order valence-electron chi connectivity index (χ0n) is 11.9. The van der Waals surface area contributed by atoms with Gasteiger partial charge in [0.25, 0.3) is 0 Å². The maximum atomic E-state index is 5.92. The molecule has 0 saturated carbocycles. The first-order chi connectivity index (χ1) is 10.2. The van der Waals surface area contributed by atoms with E-state index in [1.165, 1.54) is 0 Å². The first-order valence-electron chi connectivity index (χ1n) is 6.92. The summed E-state index contributed by atoms with van der Waals surface area (Å²) < 4.78 is 16.7. The van der Waals surface area contributed by atoms with Gasteiger partial charge in [-0.25, -0.2) is 0 Å². The third-order valence-electron chi connectivity index (χ3n) is 3.21. The van der Waals surface area contributed by atoms with Crippen LogP contribution in [0, 0.1) is 0 Å². The number of rotatable bonds is 5. The Labute approximate surface area is 123 Å². The van der Waals surface area contributed by atoms with Crippen LogP contribution in [0.15, 0.2) is 36.7 Å². The summed E-state index contributed by atoms with van der Waals surface area (Å²) in [5.74, 6) is 2.24. The van der Waals surface area contributed by atoms with Gasteiger partial charge in [0.2, 0.25) is 6.79 Å². The second-order valence-electron chi connectivity index (χ2n) is 5.14. The Balaban J connectivity index is 1.82. The fraction of sp³-hybridized carbons (Fsp3) is 0.312. The summed E-state index contributed by atoms with van der Waals surface area (Å²) in [6.07, 6.45) is 4.25. The standard InChI is InChI=1S/C16H18N2O3/c1-11(17)5-13-6-15-16(21-10-20-15)7-14(13)19-9-12-3-2-4-18-8-12/h2-4,6-8,11H,5,9-10,17H2,1H3. The lowest BCUT2D eigenvalue weighted by Gasteiger charge is -2.14. The highest BCUT2D eigenvalue weighted by Crippen LogP contribution is 2.38. The van der Waals surface area contributed by atoms with Crippen molar-refractivity contribution in [3.05, 3.63) is 47.8 Å². The molecular weight excluding hydrogens is 268 g/mol. The fourth-order valence-electron chi connectivity index (χ4n) is 2.25. The number of hydrogen-bond donors (Lipinski definition) is 1. The van der Waals surface area contributed by atoms with Crippen molar-refractivity contribution < 1.29 is 14.2 Å². The van der Waals surface area contributed by atoms with E-state index in [4.69, 9.17) is 19.9 Å². The Bertz CT molecular complexity index is 614. The van der Waals surface area contributed by atoms with E-state index in [-0.39, 0.29) is 12.8 Å². The van der Waals surface area contributed by atoms with Crippen LogP contribution in [0.3, 0.4) is 0 Å². The lowest BCUT2D eigenvalue weighted by molar-refractivity contribution is 0.173. The number of benzene rings is 1. The molecule has 1 aliphatic rings. The molecule has 0 radical (unpaired) electrons. The van der Waals surface area contributed by atoms with Gasteiger partial charge in [-0.3, -0.25) is 4.98 Å². The minimum absolute atomic E-state index is 0.0473. The van der Waals surface area contributed by atoms with E-state index >= 15 is 0 Å². The molecule has 5 heteroatoms. The first kappa shape index (κ1) is 13.7. The van der Waals surface area contributed by atoms with Gasteiger partial charge in [0.15, 0.2) is 11.5 Å². The summed E-state index contributed by atoms with van der Waals surface area (Å²) in [7, 11) is 0. The van der Waals surface area contributed by atoms with Crippen LogP contribution >= 0.6 is 0 Å². The number of hydrogen-bond acceptors (Lipinski definition) is 5. The largest absolute Gasteiger partial charge is 0.488 e. The third kappa shape index (κ3) is 3.25. The van der Waals surface area contributed by atoms with Crippen molar-refractivity contribution in [2.45, 2.75) is 26.0 Å². The molecule has 0 bridgehead atoms. The summed E-state index contributed by atoms with van der Waals surface area (Å²) in [6.45, 7) is 2.67. The quantitative estimate of drug-likeness (QED) is 0.913. The number of aromatic nitrogens is 1. The molecule has 2 N–H and O–H groups in total. The molecule has 21 heavy (non-hydrogen) atoms. The molecule has 1 aromatic heterocycles. The van der Waals surface area contributed by atoms with Crippen LogP contribution in [0.4, 0.5) is 0 Å². The molecule has 0 aliphatic carbocycles.